The van der Waals surface area contributed by atoms with Crippen LogP contribution in [0, 0.1) is 6.92 Å². The summed E-state index contributed by atoms with van der Waals surface area (Å²) < 4.78 is 11.4. The van der Waals surface area contributed by atoms with Crippen molar-refractivity contribution in [3.63, 3.8) is 0 Å². The van der Waals surface area contributed by atoms with Gasteiger partial charge in [-0.1, -0.05) is 97.1 Å². The average Bonchev–Trinajstić information content (AvgIpc) is 2.89. The van der Waals surface area contributed by atoms with E-state index in [2.05, 4.69) is 5.32 Å². The second-order valence-electron chi connectivity index (χ2n) is 8.17. The third-order valence-corrected chi connectivity index (χ3v) is 5.69. The van der Waals surface area contributed by atoms with Crippen LogP contribution in [-0.4, -0.2) is 19.0 Å². The van der Waals surface area contributed by atoms with Crippen LogP contribution in [0.5, 0.6) is 5.75 Å². The van der Waals surface area contributed by atoms with Gasteiger partial charge in [-0.15, -0.1) is 0 Å². The number of hydrogen-bond donors (Lipinski definition) is 1. The van der Waals surface area contributed by atoms with Crippen molar-refractivity contribution in [2.24, 2.45) is 0 Å². The highest BCUT2D eigenvalue weighted by Crippen LogP contribution is 2.31. The minimum atomic E-state index is -1.15. The lowest BCUT2D eigenvalue weighted by Gasteiger charge is -2.23. The Morgan fingerprint density at radius 2 is 1.23 bits per heavy atom. The molecule has 4 rings (SSSR count). The first-order valence-electron chi connectivity index (χ1n) is 11.4. The molecule has 1 atom stereocenters. The molecule has 0 radical (unpaired) electrons. The number of benzene rings is 4. The number of methoxy groups -OCH3 is 1. The molecular formula is C30H27NO4. The van der Waals surface area contributed by atoms with Gasteiger partial charge >= 0.3 is 5.97 Å². The van der Waals surface area contributed by atoms with Crippen LogP contribution in [0.3, 0.4) is 0 Å². The maximum absolute atomic E-state index is 13.6. The fraction of sp³-hybridized carbons (Fsp3) is 0.133. The molecule has 0 fully saturated rings. The van der Waals surface area contributed by atoms with Gasteiger partial charge in [-0.25, -0.2) is 0 Å². The minimum absolute atomic E-state index is 0.465. The number of ether oxygens (including phenoxy) is 2. The van der Waals surface area contributed by atoms with Gasteiger partial charge in [0.1, 0.15) is 11.7 Å². The topological polar surface area (TPSA) is 64.6 Å². The van der Waals surface area contributed by atoms with Gasteiger partial charge in [-0.2, -0.15) is 0 Å². The van der Waals surface area contributed by atoms with Gasteiger partial charge in [0, 0.05) is 5.56 Å². The third-order valence-electron chi connectivity index (χ3n) is 5.69. The van der Waals surface area contributed by atoms with E-state index in [0.29, 0.717) is 17.0 Å². The van der Waals surface area contributed by atoms with Crippen LogP contribution in [0.15, 0.2) is 109 Å². The van der Waals surface area contributed by atoms with Gasteiger partial charge in [0.05, 0.1) is 12.8 Å². The van der Waals surface area contributed by atoms with Crippen LogP contribution < -0.4 is 10.1 Å². The van der Waals surface area contributed by atoms with Crippen molar-refractivity contribution in [3.05, 3.63) is 131 Å². The molecule has 0 spiro atoms. The molecule has 0 bridgehead atoms. The Hall–Kier alpha value is -4.38. The van der Waals surface area contributed by atoms with Crippen molar-refractivity contribution in [2.45, 2.75) is 18.9 Å². The Labute approximate surface area is 205 Å². The summed E-state index contributed by atoms with van der Waals surface area (Å²) in [6, 6.07) is 33.3. The number of carbonyl (C=O) groups is 2. The van der Waals surface area contributed by atoms with Crippen LogP contribution in [-0.2, 0) is 14.3 Å². The standard InChI is InChI=1S/C30H27NO4/c1-21-18-19-26(34-2)25(20-21)31-29(32)28(24-16-10-5-11-17-24)35-30(33)27(22-12-6-3-7-13-22)23-14-8-4-9-15-23/h3-20,27-28H,1-2H3,(H,31,32). The molecule has 176 valence electrons. The fourth-order valence-electron chi connectivity index (χ4n) is 3.96. The number of esters is 1. The Balaban J connectivity index is 1.67. The molecule has 1 N–H and O–H groups in total. The van der Waals surface area contributed by atoms with Gasteiger partial charge in [-0.3, -0.25) is 9.59 Å². The molecule has 0 aromatic heterocycles. The molecule has 1 amide bonds. The van der Waals surface area contributed by atoms with Crippen molar-refractivity contribution >= 4 is 17.6 Å². The van der Waals surface area contributed by atoms with Gasteiger partial charge in [0.25, 0.3) is 5.91 Å². The second-order valence-corrected chi connectivity index (χ2v) is 8.17. The molecule has 4 aromatic carbocycles. The quantitative estimate of drug-likeness (QED) is 0.321. The van der Waals surface area contributed by atoms with E-state index in [9.17, 15) is 9.59 Å². The summed E-state index contributed by atoms with van der Waals surface area (Å²) >= 11 is 0. The van der Waals surface area contributed by atoms with Gasteiger partial charge in [-0.05, 0) is 35.7 Å². The summed E-state index contributed by atoms with van der Waals surface area (Å²) in [5.74, 6) is -1.13. The molecular weight excluding hydrogens is 438 g/mol. The number of amides is 1. The first-order chi connectivity index (χ1) is 17.1. The normalized spacial score (nSPS) is 11.5. The molecule has 5 nitrogen and oxygen atoms in total. The number of aryl methyl sites for hydroxylation is 1. The summed E-state index contributed by atoms with van der Waals surface area (Å²) in [6.07, 6.45) is -1.15. The Kier molecular flexibility index (Phi) is 7.58. The smallest absolute Gasteiger partial charge is 0.319 e. The molecule has 4 aromatic rings. The maximum Gasteiger partial charge on any atom is 0.319 e. The van der Waals surface area contributed by atoms with Crippen LogP contribution >= 0.6 is 0 Å². The number of carbonyl (C=O) groups excluding carboxylic acids is 2. The predicted molar refractivity (Wildman–Crippen MR) is 136 cm³/mol. The molecule has 0 aliphatic rings. The zero-order valence-electron chi connectivity index (χ0n) is 19.7. The lowest BCUT2D eigenvalue weighted by molar-refractivity contribution is -0.155. The van der Waals surface area contributed by atoms with Crippen molar-refractivity contribution in [1.29, 1.82) is 0 Å². The molecule has 0 aliphatic heterocycles. The summed E-state index contributed by atoms with van der Waals surface area (Å²) in [7, 11) is 1.54. The van der Waals surface area contributed by atoms with E-state index in [0.717, 1.165) is 16.7 Å². The van der Waals surface area contributed by atoms with Crippen molar-refractivity contribution in [1.82, 2.24) is 0 Å². The molecule has 0 saturated heterocycles. The van der Waals surface area contributed by atoms with E-state index < -0.39 is 23.9 Å². The Morgan fingerprint density at radius 1 is 0.714 bits per heavy atom. The first-order valence-corrected chi connectivity index (χ1v) is 11.4. The highest BCUT2D eigenvalue weighted by atomic mass is 16.5. The van der Waals surface area contributed by atoms with E-state index in [1.165, 1.54) is 0 Å². The Morgan fingerprint density at radius 3 is 1.74 bits per heavy atom. The molecule has 0 aliphatic carbocycles. The lowest BCUT2D eigenvalue weighted by Crippen LogP contribution is -2.28. The Bertz CT molecular complexity index is 1230. The summed E-state index contributed by atoms with van der Waals surface area (Å²) in [6.45, 7) is 1.92. The first kappa shape index (κ1) is 23.8. The van der Waals surface area contributed by atoms with Gasteiger partial charge < -0.3 is 14.8 Å². The van der Waals surface area contributed by atoms with Crippen molar-refractivity contribution in [3.8, 4) is 5.75 Å². The second kappa shape index (κ2) is 11.2. The van der Waals surface area contributed by atoms with Crippen LogP contribution in [0.2, 0.25) is 0 Å². The van der Waals surface area contributed by atoms with Gasteiger partial charge in [0.2, 0.25) is 6.10 Å². The van der Waals surface area contributed by atoms with Gasteiger partial charge in [0.15, 0.2) is 0 Å². The van der Waals surface area contributed by atoms with Crippen LogP contribution in [0.4, 0.5) is 5.69 Å². The summed E-state index contributed by atoms with van der Waals surface area (Å²) in [5, 5.41) is 2.88. The molecule has 1 unspecified atom stereocenters. The highest BCUT2D eigenvalue weighted by molar-refractivity contribution is 5.98. The van der Waals surface area contributed by atoms with Crippen molar-refractivity contribution in [2.75, 3.05) is 12.4 Å². The molecule has 0 heterocycles. The van der Waals surface area contributed by atoms with Crippen LogP contribution in [0.1, 0.15) is 34.3 Å². The van der Waals surface area contributed by atoms with Crippen LogP contribution in [0.25, 0.3) is 0 Å². The minimum Gasteiger partial charge on any atom is -0.495 e. The molecule has 5 heteroatoms. The summed E-state index contributed by atoms with van der Waals surface area (Å²) in [5.41, 5.74) is 3.62. The van der Waals surface area contributed by atoms with Crippen molar-refractivity contribution < 1.29 is 19.1 Å². The largest absolute Gasteiger partial charge is 0.495 e. The molecule has 35 heavy (non-hydrogen) atoms. The highest BCUT2D eigenvalue weighted by Gasteiger charge is 2.31. The number of nitrogens with one attached hydrogen (secondary N) is 1. The summed E-state index contributed by atoms with van der Waals surface area (Å²) in [4.78, 5) is 27.1. The van der Waals surface area contributed by atoms with E-state index in [1.54, 1.807) is 25.3 Å². The third kappa shape index (κ3) is 5.76. The number of hydrogen-bond acceptors (Lipinski definition) is 4. The lowest BCUT2D eigenvalue weighted by atomic mass is 9.91. The number of rotatable bonds is 8. The average molecular weight is 466 g/mol. The fourth-order valence-corrected chi connectivity index (χ4v) is 3.96. The van der Waals surface area contributed by atoms with E-state index in [1.807, 2.05) is 97.9 Å². The zero-order valence-corrected chi connectivity index (χ0v) is 19.7. The van der Waals surface area contributed by atoms with E-state index in [-0.39, 0.29) is 0 Å². The zero-order chi connectivity index (χ0) is 24.6. The SMILES string of the molecule is COc1ccc(C)cc1NC(=O)C(OC(=O)C(c1ccccc1)c1ccccc1)c1ccccc1. The predicted octanol–water partition coefficient (Wildman–Crippen LogP) is 6.06. The maximum atomic E-state index is 13.6. The number of anilines is 1. The molecule has 0 saturated carbocycles. The monoisotopic (exact) mass is 465 g/mol. The van der Waals surface area contributed by atoms with E-state index >= 15 is 0 Å². The van der Waals surface area contributed by atoms with E-state index in [4.69, 9.17) is 9.47 Å².